The van der Waals surface area contributed by atoms with Gasteiger partial charge in [0.2, 0.25) is 0 Å². The smallest absolute Gasteiger partial charge is 0.274 e. The quantitative estimate of drug-likeness (QED) is 0.568. The van der Waals surface area contributed by atoms with Crippen molar-refractivity contribution < 1.29 is 4.92 Å². The molecular formula is C12H10Br2N2O2S. The summed E-state index contributed by atoms with van der Waals surface area (Å²) in [6.07, 6.45) is 0. The van der Waals surface area contributed by atoms with Gasteiger partial charge in [0.25, 0.3) is 5.69 Å². The van der Waals surface area contributed by atoms with Crippen LogP contribution in [0.5, 0.6) is 0 Å². The lowest BCUT2D eigenvalue weighted by Gasteiger charge is -2.05. The normalized spacial score (nSPS) is 10.5. The van der Waals surface area contributed by atoms with E-state index in [-0.39, 0.29) is 10.6 Å². The third-order valence-corrected chi connectivity index (χ3v) is 5.82. The van der Waals surface area contributed by atoms with Crippen molar-refractivity contribution in [1.29, 1.82) is 0 Å². The molecule has 0 bridgehead atoms. The minimum Gasteiger partial charge on any atom is -0.380 e. The van der Waals surface area contributed by atoms with Crippen LogP contribution in [0.2, 0.25) is 0 Å². The van der Waals surface area contributed by atoms with E-state index in [2.05, 4.69) is 37.2 Å². The molecule has 1 N–H and O–H groups in total. The van der Waals surface area contributed by atoms with Crippen molar-refractivity contribution >= 4 is 54.6 Å². The molecule has 4 nitrogen and oxygen atoms in total. The van der Waals surface area contributed by atoms with Crippen LogP contribution in [0.15, 0.2) is 32.5 Å². The average molecular weight is 406 g/mol. The van der Waals surface area contributed by atoms with Crippen LogP contribution in [0.3, 0.4) is 0 Å². The lowest BCUT2D eigenvalue weighted by molar-refractivity contribution is -0.385. The molecule has 0 aliphatic heterocycles. The van der Waals surface area contributed by atoms with Gasteiger partial charge in [0.1, 0.15) is 0 Å². The standard InChI is InChI=1S/C12H10Br2N2O2S/c1-7-2-3-8(4-11(7)16(17)18)15-6-9-5-10(13)12(14)19-9/h2-5,15H,6H2,1H3. The molecule has 0 amide bonds. The molecule has 100 valence electrons. The van der Waals surface area contributed by atoms with Crippen LogP contribution in [-0.2, 0) is 6.54 Å². The van der Waals surface area contributed by atoms with Crippen LogP contribution in [0.1, 0.15) is 10.4 Å². The van der Waals surface area contributed by atoms with Crippen molar-refractivity contribution in [2.75, 3.05) is 5.32 Å². The second kappa shape index (κ2) is 6.02. The first kappa shape index (κ1) is 14.5. The molecule has 0 aliphatic carbocycles. The third kappa shape index (κ3) is 3.55. The molecule has 0 saturated heterocycles. The molecule has 0 aliphatic rings. The van der Waals surface area contributed by atoms with Gasteiger partial charge < -0.3 is 5.32 Å². The van der Waals surface area contributed by atoms with E-state index < -0.39 is 0 Å². The van der Waals surface area contributed by atoms with E-state index in [0.717, 1.165) is 18.8 Å². The number of nitro groups is 1. The molecule has 0 atom stereocenters. The Balaban J connectivity index is 2.11. The van der Waals surface area contributed by atoms with E-state index in [0.29, 0.717) is 12.1 Å². The molecule has 0 unspecified atom stereocenters. The second-order valence-electron chi connectivity index (χ2n) is 3.95. The molecule has 19 heavy (non-hydrogen) atoms. The summed E-state index contributed by atoms with van der Waals surface area (Å²) >= 11 is 8.49. The second-order valence-corrected chi connectivity index (χ2v) is 7.26. The summed E-state index contributed by atoms with van der Waals surface area (Å²) in [5.41, 5.74) is 1.55. The Kier molecular flexibility index (Phi) is 4.59. The maximum atomic E-state index is 10.9. The highest BCUT2D eigenvalue weighted by Gasteiger charge is 2.11. The van der Waals surface area contributed by atoms with Gasteiger partial charge in [0.15, 0.2) is 0 Å². The predicted octanol–water partition coefficient (Wildman–Crippen LogP) is 5.10. The minimum absolute atomic E-state index is 0.138. The lowest BCUT2D eigenvalue weighted by Crippen LogP contribution is -1.99. The van der Waals surface area contributed by atoms with Crippen molar-refractivity contribution in [3.63, 3.8) is 0 Å². The van der Waals surface area contributed by atoms with Crippen molar-refractivity contribution in [2.45, 2.75) is 13.5 Å². The number of thiophene rings is 1. The summed E-state index contributed by atoms with van der Waals surface area (Å²) < 4.78 is 2.06. The molecule has 0 fully saturated rings. The fourth-order valence-electron chi connectivity index (χ4n) is 1.58. The number of rotatable bonds is 4. The van der Waals surface area contributed by atoms with Gasteiger partial charge in [0.05, 0.1) is 8.71 Å². The first-order valence-electron chi connectivity index (χ1n) is 5.40. The molecule has 7 heteroatoms. The van der Waals surface area contributed by atoms with Crippen LogP contribution in [0.25, 0.3) is 0 Å². The number of nitrogens with zero attached hydrogens (tertiary/aromatic N) is 1. The van der Waals surface area contributed by atoms with E-state index in [1.54, 1.807) is 30.4 Å². The monoisotopic (exact) mass is 404 g/mol. The van der Waals surface area contributed by atoms with Gasteiger partial charge in [-0.05, 0) is 50.9 Å². The van der Waals surface area contributed by atoms with Gasteiger partial charge in [-0.2, -0.15) is 0 Å². The largest absolute Gasteiger partial charge is 0.380 e. The molecule has 2 rings (SSSR count). The van der Waals surface area contributed by atoms with Crippen LogP contribution in [0.4, 0.5) is 11.4 Å². The third-order valence-electron chi connectivity index (χ3n) is 2.57. The zero-order valence-corrected chi connectivity index (χ0v) is 13.9. The molecule has 1 aromatic heterocycles. The number of nitro benzene ring substituents is 1. The summed E-state index contributed by atoms with van der Waals surface area (Å²) in [4.78, 5) is 11.6. The van der Waals surface area contributed by atoms with Gasteiger partial charge in [-0.1, -0.05) is 6.07 Å². The van der Waals surface area contributed by atoms with E-state index in [1.807, 2.05) is 12.1 Å². The molecular weight excluding hydrogens is 396 g/mol. The number of benzene rings is 1. The number of aryl methyl sites for hydroxylation is 1. The van der Waals surface area contributed by atoms with Crippen LogP contribution >= 0.6 is 43.2 Å². The fraction of sp³-hybridized carbons (Fsp3) is 0.167. The molecule has 0 spiro atoms. The van der Waals surface area contributed by atoms with E-state index in [4.69, 9.17) is 0 Å². The van der Waals surface area contributed by atoms with Gasteiger partial charge in [-0.25, -0.2) is 0 Å². The Morgan fingerprint density at radius 3 is 2.68 bits per heavy atom. The molecule has 2 aromatic rings. The lowest BCUT2D eigenvalue weighted by atomic mass is 10.2. The highest BCUT2D eigenvalue weighted by molar-refractivity contribution is 9.13. The maximum Gasteiger partial charge on any atom is 0.274 e. The van der Waals surface area contributed by atoms with Gasteiger partial charge in [-0.15, -0.1) is 11.3 Å². The summed E-state index contributed by atoms with van der Waals surface area (Å²) in [7, 11) is 0. The van der Waals surface area contributed by atoms with E-state index >= 15 is 0 Å². The number of halogens is 2. The summed E-state index contributed by atoms with van der Waals surface area (Å²) in [6, 6.07) is 7.18. The Bertz CT molecular complexity index is 609. The van der Waals surface area contributed by atoms with E-state index in [9.17, 15) is 10.1 Å². The van der Waals surface area contributed by atoms with E-state index in [1.165, 1.54) is 0 Å². The summed E-state index contributed by atoms with van der Waals surface area (Å²) in [5.74, 6) is 0. The SMILES string of the molecule is Cc1ccc(NCc2cc(Br)c(Br)s2)cc1[N+](=O)[O-]. The fourth-order valence-corrected chi connectivity index (χ4v) is 3.70. The van der Waals surface area contributed by atoms with Crippen LogP contribution in [-0.4, -0.2) is 4.92 Å². The molecule has 0 saturated carbocycles. The predicted molar refractivity (Wildman–Crippen MR) is 84.9 cm³/mol. The Labute approximate surface area is 131 Å². The van der Waals surface area contributed by atoms with Crippen molar-refractivity contribution in [2.24, 2.45) is 0 Å². The van der Waals surface area contributed by atoms with Crippen LogP contribution < -0.4 is 5.32 Å². The zero-order valence-electron chi connectivity index (χ0n) is 9.94. The zero-order chi connectivity index (χ0) is 14.0. The van der Waals surface area contributed by atoms with Crippen molar-refractivity contribution in [3.05, 3.63) is 53.1 Å². The average Bonchev–Trinajstić information content (AvgIpc) is 2.67. The number of hydrogen-bond donors (Lipinski definition) is 1. The Morgan fingerprint density at radius 2 is 2.11 bits per heavy atom. The summed E-state index contributed by atoms with van der Waals surface area (Å²) in [6.45, 7) is 2.37. The highest BCUT2D eigenvalue weighted by Crippen LogP contribution is 2.33. The number of nitrogens with one attached hydrogen (secondary N) is 1. The summed E-state index contributed by atoms with van der Waals surface area (Å²) in [5, 5.41) is 14.1. The van der Waals surface area contributed by atoms with Gasteiger partial charge in [-0.3, -0.25) is 10.1 Å². The van der Waals surface area contributed by atoms with Gasteiger partial charge >= 0.3 is 0 Å². The van der Waals surface area contributed by atoms with Crippen LogP contribution in [0, 0.1) is 17.0 Å². The van der Waals surface area contributed by atoms with Gasteiger partial charge in [0, 0.05) is 33.2 Å². The Morgan fingerprint density at radius 1 is 1.37 bits per heavy atom. The Hall–Kier alpha value is -0.920. The number of anilines is 1. The topological polar surface area (TPSA) is 55.2 Å². The maximum absolute atomic E-state index is 10.9. The first-order valence-corrected chi connectivity index (χ1v) is 7.80. The molecule has 1 aromatic carbocycles. The highest BCUT2D eigenvalue weighted by atomic mass is 79.9. The first-order chi connectivity index (χ1) is 8.97. The molecule has 0 radical (unpaired) electrons. The van der Waals surface area contributed by atoms with Crippen molar-refractivity contribution in [1.82, 2.24) is 0 Å². The number of hydrogen-bond acceptors (Lipinski definition) is 4. The van der Waals surface area contributed by atoms with Crippen molar-refractivity contribution in [3.8, 4) is 0 Å². The molecule has 1 heterocycles. The minimum atomic E-state index is -0.362.